The summed E-state index contributed by atoms with van der Waals surface area (Å²) in [6.07, 6.45) is -4.06. The topological polar surface area (TPSA) is 362 Å². The molecule has 2 saturated carbocycles. The van der Waals surface area contributed by atoms with Gasteiger partial charge in [-0.3, -0.25) is 19.2 Å². The van der Waals surface area contributed by atoms with E-state index in [0.717, 1.165) is 51.4 Å². The van der Waals surface area contributed by atoms with Gasteiger partial charge >= 0.3 is 58.3 Å². The molecular weight excluding hydrogens is 1130 g/mol. The number of halogens is 4. The molecule has 0 spiro atoms. The molecule has 32 heteroatoms. The Morgan fingerprint density at radius 2 is 0.912 bits per heavy atom. The predicted molar refractivity (Wildman–Crippen MR) is 246 cm³/mol. The van der Waals surface area contributed by atoms with E-state index in [9.17, 15) is 81.9 Å². The molecule has 8 aliphatic rings. The van der Waals surface area contributed by atoms with Gasteiger partial charge in [0.15, 0.2) is 56.9 Å². The molecule has 0 N–H and O–H groups in total. The summed E-state index contributed by atoms with van der Waals surface area (Å²) in [7, 11) is -12.2. The van der Waals surface area contributed by atoms with Crippen LogP contribution in [0, 0.1) is 35.5 Å². The molecule has 6 heterocycles. The van der Waals surface area contributed by atoms with Crippen molar-refractivity contribution >= 4 is 68.0 Å². The van der Waals surface area contributed by atoms with Crippen LogP contribution in [0.4, 0.5) is 17.6 Å². The second-order valence-electron chi connectivity index (χ2n) is 21.4. The molecule has 6 saturated heterocycles. The first kappa shape index (κ1) is 62.7. The fourth-order valence-electron chi connectivity index (χ4n) is 12.1. The highest BCUT2D eigenvalue weighted by atomic mass is 32.2. The van der Waals surface area contributed by atoms with E-state index in [0.29, 0.717) is 26.7 Å². The van der Waals surface area contributed by atoms with E-state index in [1.54, 1.807) is 0 Å². The smallest absolute Gasteiger partial charge is 0.370 e. The Balaban J connectivity index is 0.000000231. The van der Waals surface area contributed by atoms with Crippen molar-refractivity contribution in [2.45, 2.75) is 189 Å². The minimum absolute atomic E-state index is 0.167. The number of carbonyl (C=O) groups is 8. The third-order valence-electron chi connectivity index (χ3n) is 16.3. The molecule has 0 aromatic heterocycles. The van der Waals surface area contributed by atoms with Crippen molar-refractivity contribution in [3.05, 3.63) is 0 Å². The van der Waals surface area contributed by atoms with Crippen molar-refractivity contribution in [3.63, 3.8) is 0 Å². The van der Waals surface area contributed by atoms with Crippen LogP contribution >= 0.6 is 0 Å². The lowest BCUT2D eigenvalue weighted by molar-refractivity contribution is -0.181. The molecule has 452 valence electrons. The van der Waals surface area contributed by atoms with Crippen LogP contribution in [0.15, 0.2) is 0 Å². The van der Waals surface area contributed by atoms with Crippen LogP contribution in [0.2, 0.25) is 0 Å². The summed E-state index contributed by atoms with van der Waals surface area (Å²) in [6.45, 7) is 4.69. The second kappa shape index (κ2) is 23.8. The van der Waals surface area contributed by atoms with Crippen LogP contribution in [0.3, 0.4) is 0 Å². The number of rotatable bonds is 24. The first-order valence-electron chi connectivity index (χ1n) is 26.0. The van der Waals surface area contributed by atoms with Gasteiger partial charge in [0.2, 0.25) is 0 Å². The number of ether oxygens (including phenoxy) is 12. The lowest BCUT2D eigenvalue weighted by Crippen LogP contribution is -2.50. The van der Waals surface area contributed by atoms with E-state index in [4.69, 9.17) is 47.4 Å². The maximum Gasteiger partial charge on any atom is 0.370 e. The Labute approximate surface area is 455 Å². The van der Waals surface area contributed by atoms with Gasteiger partial charge < -0.3 is 65.9 Å². The molecule has 14 unspecified atom stereocenters. The average molecular weight is 1200 g/mol. The molecule has 2 aliphatic carbocycles. The van der Waals surface area contributed by atoms with Crippen LogP contribution in [-0.4, -0.2) is 183 Å². The number of fused-ring (bicyclic) bond motifs is 2. The molecular formula is C48H62F4O26S2-2. The Kier molecular flexibility index (Phi) is 18.6. The van der Waals surface area contributed by atoms with E-state index >= 15 is 0 Å². The standard InChI is InChI=1S/C25H34F2O13S.C23H30F2O13S/c1-4-24(5-2,13-8-6-7-9-13)40-23(31)17-16-18-21(39-22(16)30)20(19(17)38-18)37-15(29)11-35-10-14(28)36-12(3)25(26,27)41(32,33)34;1-10(23(24,25)39(30,31)32)34-12(26)8-33-9-13(27)35-18-17-15(14-16(36-17)19(18)37-20(14)28)21(29)38-22(2,3)11-6-4-5-7-11/h12-13,16-21H,4-11H2,1-3H3,(H,32,33,34);10-11,14-19H,4-9H2,1-3H3,(H,30,31,32)/p-2. The van der Waals surface area contributed by atoms with Gasteiger partial charge in [0.05, 0.1) is 0 Å². The molecule has 0 aromatic carbocycles. The molecule has 0 radical (unpaired) electrons. The van der Waals surface area contributed by atoms with E-state index < -0.39 is 201 Å². The Morgan fingerprint density at radius 1 is 0.562 bits per heavy atom. The molecule has 80 heavy (non-hydrogen) atoms. The van der Waals surface area contributed by atoms with Crippen molar-refractivity contribution in [2.75, 3.05) is 26.4 Å². The summed E-state index contributed by atoms with van der Waals surface area (Å²) in [5.74, 6) is -11.2. The quantitative estimate of drug-likeness (QED) is 0.0574. The monoisotopic (exact) mass is 1190 g/mol. The number of hydrogen-bond donors (Lipinski definition) is 0. The number of esters is 8. The molecule has 0 aromatic rings. The Morgan fingerprint density at radius 3 is 1.27 bits per heavy atom. The van der Waals surface area contributed by atoms with Crippen molar-refractivity contribution in [1.82, 2.24) is 0 Å². The van der Waals surface area contributed by atoms with E-state index in [2.05, 4.69) is 9.47 Å². The number of alkyl halides is 4. The van der Waals surface area contributed by atoms with Gasteiger partial charge in [0.25, 0.3) is 0 Å². The second-order valence-corrected chi connectivity index (χ2v) is 24.3. The number of hydrogen-bond acceptors (Lipinski definition) is 26. The minimum Gasteiger partial charge on any atom is -0.743 e. The highest BCUT2D eigenvalue weighted by Crippen LogP contribution is 2.54. The molecule has 0 amide bonds. The lowest BCUT2D eigenvalue weighted by Gasteiger charge is -2.39. The third-order valence-corrected chi connectivity index (χ3v) is 18.3. The van der Waals surface area contributed by atoms with Gasteiger partial charge in [0, 0.05) is 0 Å². The van der Waals surface area contributed by atoms with Gasteiger partial charge in [-0.2, -0.15) is 17.6 Å². The zero-order valence-electron chi connectivity index (χ0n) is 44.1. The molecule has 14 atom stereocenters. The molecule has 8 fully saturated rings. The first-order valence-corrected chi connectivity index (χ1v) is 28.8. The fourth-order valence-corrected chi connectivity index (χ4v) is 13.0. The Hall–Kier alpha value is -4.86. The average Bonchev–Trinajstić information content (AvgIpc) is 4.24. The molecule has 6 aliphatic heterocycles. The van der Waals surface area contributed by atoms with Crippen LogP contribution in [-0.2, 0) is 115 Å². The van der Waals surface area contributed by atoms with Crippen molar-refractivity contribution in [1.29, 1.82) is 0 Å². The molecule has 26 nitrogen and oxygen atoms in total. The van der Waals surface area contributed by atoms with E-state index in [1.165, 1.54) is 0 Å². The van der Waals surface area contributed by atoms with Gasteiger partial charge in [-0.15, -0.1) is 0 Å². The molecule has 4 bridgehead atoms. The predicted octanol–water partition coefficient (Wildman–Crippen LogP) is 1.65. The lowest BCUT2D eigenvalue weighted by atomic mass is 9.77. The fraction of sp³-hybridized carbons (Fsp3) is 0.833. The maximum absolute atomic E-state index is 13.5. The SMILES string of the molecule is CC(OC(=O)COCC(=O)OC1C2OC(=O)C3C2OC1C3C(=O)OC(C)(C)C1CCCC1)C(F)(F)S(=O)(=O)[O-].CCC(CC)(OC(=O)C1C2OC3C(OC(=O)C31)C2OC(=O)COCC(=O)OC(C)C(F)(F)S(=O)(=O)[O-])C1CCCC1. The van der Waals surface area contributed by atoms with Crippen molar-refractivity contribution in [2.24, 2.45) is 35.5 Å². The first-order chi connectivity index (χ1) is 37.2. The van der Waals surface area contributed by atoms with Crippen LogP contribution in [0.1, 0.15) is 106 Å². The normalized spacial score (nSPS) is 30.7. The summed E-state index contributed by atoms with van der Waals surface area (Å²) in [6, 6.07) is 0. The largest absolute Gasteiger partial charge is 0.743 e. The zero-order chi connectivity index (χ0) is 59.2. The van der Waals surface area contributed by atoms with Crippen LogP contribution < -0.4 is 0 Å². The zero-order valence-corrected chi connectivity index (χ0v) is 45.7. The highest BCUT2D eigenvalue weighted by Gasteiger charge is 2.74. The number of carbonyl (C=O) groups excluding carboxylic acids is 8. The van der Waals surface area contributed by atoms with Gasteiger partial charge in [-0.25, -0.2) is 36.0 Å². The van der Waals surface area contributed by atoms with Crippen molar-refractivity contribution < 1.29 is 139 Å². The summed E-state index contributed by atoms with van der Waals surface area (Å²) in [5, 5.41) is -9.74. The maximum atomic E-state index is 13.5. The van der Waals surface area contributed by atoms with Gasteiger partial charge in [0.1, 0.15) is 85.7 Å². The summed E-state index contributed by atoms with van der Waals surface area (Å²) in [4.78, 5) is 100. The van der Waals surface area contributed by atoms with Gasteiger partial charge in [-0.1, -0.05) is 39.5 Å². The van der Waals surface area contributed by atoms with Gasteiger partial charge in [-0.05, 0) is 78.1 Å². The van der Waals surface area contributed by atoms with Crippen LogP contribution in [0.25, 0.3) is 0 Å². The summed E-state index contributed by atoms with van der Waals surface area (Å²) < 4.78 is 180. The van der Waals surface area contributed by atoms with E-state index in [1.807, 2.05) is 27.7 Å². The third kappa shape index (κ3) is 12.4. The van der Waals surface area contributed by atoms with Crippen molar-refractivity contribution in [3.8, 4) is 0 Å². The summed E-state index contributed by atoms with van der Waals surface area (Å²) >= 11 is 0. The molecule has 8 rings (SSSR count). The minimum atomic E-state index is -6.09. The van der Waals surface area contributed by atoms with Crippen LogP contribution in [0.5, 0.6) is 0 Å². The summed E-state index contributed by atoms with van der Waals surface area (Å²) in [5.41, 5.74) is -1.46. The highest BCUT2D eigenvalue weighted by molar-refractivity contribution is 7.87. The Bertz CT molecular complexity index is 2620. The van der Waals surface area contributed by atoms with E-state index in [-0.39, 0.29) is 11.8 Å².